The Morgan fingerprint density at radius 3 is 1.76 bits per heavy atom. The quantitative estimate of drug-likeness (QED) is 0.199. The van der Waals surface area contributed by atoms with Crippen molar-refractivity contribution in [2.75, 3.05) is 4.90 Å². The molecule has 0 aromatic heterocycles. The van der Waals surface area contributed by atoms with Crippen molar-refractivity contribution in [2.24, 2.45) is 23.7 Å². The molecule has 37 heavy (non-hydrogen) atoms. The summed E-state index contributed by atoms with van der Waals surface area (Å²) in [6.07, 6.45) is 3.97. The second-order valence-corrected chi connectivity index (χ2v) is 9.95. The van der Waals surface area contributed by atoms with Gasteiger partial charge in [-0.05, 0) is 48.3 Å². The maximum atomic E-state index is 13.8. The maximum Gasteiger partial charge on any atom is 0.296 e. The van der Waals surface area contributed by atoms with Crippen molar-refractivity contribution in [3.63, 3.8) is 0 Å². The fourth-order valence-corrected chi connectivity index (χ4v) is 6.11. The van der Waals surface area contributed by atoms with E-state index in [1.54, 1.807) is 0 Å². The van der Waals surface area contributed by atoms with Gasteiger partial charge in [0.25, 0.3) is 5.69 Å². The Kier molecular flexibility index (Phi) is 5.19. The highest BCUT2D eigenvalue weighted by Gasteiger charge is 2.63. The van der Waals surface area contributed by atoms with Crippen LogP contribution in [-0.4, -0.2) is 16.7 Å². The van der Waals surface area contributed by atoms with E-state index in [0.717, 1.165) is 56.5 Å². The number of aryl methyl sites for hydroxylation is 2. The monoisotopic (exact) mass is 494 g/mol. The smallest absolute Gasteiger partial charge is 0.274 e. The van der Waals surface area contributed by atoms with E-state index in [1.807, 2.05) is 50.3 Å². The molecule has 2 fully saturated rings. The number of fused-ring (bicyclic) bond motifs is 5. The minimum Gasteiger partial charge on any atom is -0.274 e. The van der Waals surface area contributed by atoms with Crippen LogP contribution in [0.3, 0.4) is 0 Å². The van der Waals surface area contributed by atoms with Crippen molar-refractivity contribution >= 4 is 28.8 Å². The number of allylic oxidation sites excluding steroid dienone is 3. The number of imide groups is 1. The van der Waals surface area contributed by atoms with Gasteiger partial charge in [-0.2, -0.15) is 0 Å². The van der Waals surface area contributed by atoms with Crippen molar-refractivity contribution in [2.45, 2.75) is 13.8 Å². The molecule has 1 saturated heterocycles. The summed E-state index contributed by atoms with van der Waals surface area (Å²) in [5, 5.41) is 11.6. The average Bonchev–Trinajstić information content (AvgIpc) is 3.51. The number of halogens is 1. The molecule has 1 aliphatic heterocycles. The van der Waals surface area contributed by atoms with E-state index in [4.69, 9.17) is 0 Å². The molecule has 4 atom stereocenters. The van der Waals surface area contributed by atoms with Crippen LogP contribution in [0.4, 0.5) is 15.8 Å². The molecule has 3 aliphatic rings. The highest BCUT2D eigenvalue weighted by atomic mass is 19.1. The third-order valence-corrected chi connectivity index (χ3v) is 7.76. The van der Waals surface area contributed by atoms with Crippen LogP contribution in [0.2, 0.25) is 0 Å². The summed E-state index contributed by atoms with van der Waals surface area (Å²) < 4.78 is 13.8. The lowest BCUT2D eigenvalue weighted by Crippen LogP contribution is -2.33. The largest absolute Gasteiger partial charge is 0.296 e. The van der Waals surface area contributed by atoms with E-state index in [-0.39, 0.29) is 17.5 Å². The van der Waals surface area contributed by atoms with Crippen LogP contribution in [0, 0.1) is 53.5 Å². The van der Waals surface area contributed by atoms with Crippen molar-refractivity contribution in [1.82, 2.24) is 0 Å². The lowest BCUT2D eigenvalue weighted by Gasteiger charge is -2.21. The molecule has 3 aromatic carbocycles. The van der Waals surface area contributed by atoms with Crippen LogP contribution in [-0.2, 0) is 9.59 Å². The molecule has 3 aromatic rings. The number of nitro benzene ring substituents is 1. The molecule has 7 heteroatoms. The zero-order valence-corrected chi connectivity index (χ0v) is 20.2. The van der Waals surface area contributed by atoms with Crippen LogP contribution < -0.4 is 4.90 Å². The normalized spacial score (nSPS) is 23.6. The van der Waals surface area contributed by atoms with Gasteiger partial charge in [-0.25, -0.2) is 9.29 Å². The van der Waals surface area contributed by atoms with Gasteiger partial charge in [0.1, 0.15) is 11.5 Å². The number of carbonyl (C=O) groups excluding carboxylic acids is 2. The standard InChI is InChI=1S/C30H23FN2O4/c1-16-3-7-18(8-4-16)25(19-9-5-17(2)6-10-19)26-21-12-13-22(26)28-27(21)29(34)32(30(28)35)23-14-11-20(31)15-24(23)33(36)37/h3-15,21-22,27-28H,1-2H3/t21-,22-,27-,28+/m1/s1. The van der Waals surface area contributed by atoms with E-state index in [0.29, 0.717) is 0 Å². The number of amides is 2. The van der Waals surface area contributed by atoms with E-state index >= 15 is 0 Å². The van der Waals surface area contributed by atoms with E-state index in [1.165, 1.54) is 0 Å². The second-order valence-electron chi connectivity index (χ2n) is 9.95. The van der Waals surface area contributed by atoms with Gasteiger partial charge >= 0.3 is 0 Å². The molecule has 0 unspecified atom stereocenters. The van der Waals surface area contributed by atoms with Gasteiger partial charge in [0.05, 0.1) is 22.8 Å². The first-order chi connectivity index (χ1) is 17.8. The van der Waals surface area contributed by atoms with Gasteiger partial charge in [-0.1, -0.05) is 71.8 Å². The molecule has 2 amide bonds. The molecule has 1 saturated carbocycles. The minimum absolute atomic E-state index is 0.182. The summed E-state index contributed by atoms with van der Waals surface area (Å²) in [6, 6.07) is 19.3. The fourth-order valence-electron chi connectivity index (χ4n) is 6.11. The average molecular weight is 495 g/mol. The highest BCUT2D eigenvalue weighted by Crippen LogP contribution is 2.59. The Labute approximate surface area is 212 Å². The van der Waals surface area contributed by atoms with Crippen molar-refractivity contribution in [3.8, 4) is 0 Å². The van der Waals surface area contributed by atoms with Crippen LogP contribution in [0.5, 0.6) is 0 Å². The summed E-state index contributed by atoms with van der Waals surface area (Å²) in [5.74, 6) is -3.71. The SMILES string of the molecule is Cc1ccc(C(=C2[C@H]3C=C[C@H]2[C@H]2C(=O)N(c4ccc(F)cc4[N+](=O)[O-])C(=O)[C@H]23)c2ccc(C)cc2)cc1. The van der Waals surface area contributed by atoms with Gasteiger partial charge in [0.15, 0.2) is 0 Å². The summed E-state index contributed by atoms with van der Waals surface area (Å²) in [7, 11) is 0. The number of rotatable bonds is 4. The first-order valence-corrected chi connectivity index (χ1v) is 12.1. The Morgan fingerprint density at radius 1 is 0.811 bits per heavy atom. The van der Waals surface area contributed by atoms with E-state index in [2.05, 4.69) is 24.3 Å². The van der Waals surface area contributed by atoms with Gasteiger partial charge in [0, 0.05) is 11.8 Å². The molecule has 2 aliphatic carbocycles. The molecule has 6 rings (SSSR count). The predicted molar refractivity (Wildman–Crippen MR) is 137 cm³/mol. The Hall–Kier alpha value is -4.39. The number of nitro groups is 1. The van der Waals surface area contributed by atoms with Crippen molar-refractivity contribution < 1.29 is 18.9 Å². The van der Waals surface area contributed by atoms with Gasteiger partial charge in [-0.15, -0.1) is 0 Å². The maximum absolute atomic E-state index is 13.8. The zero-order valence-electron chi connectivity index (χ0n) is 20.2. The van der Waals surface area contributed by atoms with Crippen molar-refractivity contribution in [1.29, 1.82) is 0 Å². The molecular weight excluding hydrogens is 471 g/mol. The topological polar surface area (TPSA) is 80.5 Å². The summed E-state index contributed by atoms with van der Waals surface area (Å²) in [4.78, 5) is 39.2. The number of hydrogen-bond acceptors (Lipinski definition) is 4. The Morgan fingerprint density at radius 2 is 1.30 bits per heavy atom. The first kappa shape index (κ1) is 23.0. The Balaban J connectivity index is 1.49. The van der Waals surface area contributed by atoms with Crippen LogP contribution in [0.15, 0.2) is 84.5 Å². The molecule has 1 heterocycles. The molecular formula is C30H23FN2O4. The highest BCUT2D eigenvalue weighted by molar-refractivity contribution is 6.24. The molecule has 0 radical (unpaired) electrons. The number of nitrogens with zero attached hydrogens (tertiary/aromatic N) is 2. The molecule has 0 N–H and O–H groups in total. The summed E-state index contributed by atoms with van der Waals surface area (Å²) >= 11 is 0. The summed E-state index contributed by atoms with van der Waals surface area (Å²) in [6.45, 7) is 4.04. The van der Waals surface area contributed by atoms with Crippen molar-refractivity contribution in [3.05, 3.63) is 123 Å². The van der Waals surface area contributed by atoms with Crippen LogP contribution in [0.1, 0.15) is 22.3 Å². The van der Waals surface area contributed by atoms with Gasteiger partial charge in [-0.3, -0.25) is 19.7 Å². The minimum atomic E-state index is -0.803. The lowest BCUT2D eigenvalue weighted by molar-refractivity contribution is -0.384. The number of hydrogen-bond donors (Lipinski definition) is 0. The molecule has 184 valence electrons. The third-order valence-electron chi connectivity index (χ3n) is 7.76. The second kappa shape index (κ2) is 8.34. The van der Waals surface area contributed by atoms with Crippen LogP contribution >= 0.6 is 0 Å². The first-order valence-electron chi connectivity index (χ1n) is 12.1. The number of anilines is 1. The molecule has 0 spiro atoms. The van der Waals surface area contributed by atoms with E-state index in [9.17, 15) is 24.1 Å². The molecule has 2 bridgehead atoms. The molecule has 6 nitrogen and oxygen atoms in total. The summed E-state index contributed by atoms with van der Waals surface area (Å²) in [5.41, 5.74) is 5.53. The third kappa shape index (κ3) is 3.45. The number of carbonyl (C=O) groups is 2. The predicted octanol–water partition coefficient (Wildman–Crippen LogP) is 5.77. The zero-order chi connectivity index (χ0) is 26.0. The Bertz CT molecular complexity index is 1460. The van der Waals surface area contributed by atoms with Gasteiger partial charge < -0.3 is 0 Å². The number of benzene rings is 3. The van der Waals surface area contributed by atoms with E-state index < -0.39 is 40.1 Å². The fraction of sp³-hybridized carbons (Fsp3) is 0.200. The van der Waals surface area contributed by atoms with Gasteiger partial charge in [0.2, 0.25) is 11.8 Å². The van der Waals surface area contributed by atoms with Crippen LogP contribution in [0.25, 0.3) is 5.57 Å². The lowest BCUT2D eigenvalue weighted by atomic mass is 9.85.